The van der Waals surface area contributed by atoms with Gasteiger partial charge in [-0.2, -0.15) is 0 Å². The topological polar surface area (TPSA) is 28.4 Å². The lowest BCUT2D eigenvalue weighted by Crippen LogP contribution is -2.47. The molecule has 1 N–H and O–H groups in total. The van der Waals surface area contributed by atoms with Crippen molar-refractivity contribution in [2.75, 3.05) is 7.05 Å². The van der Waals surface area contributed by atoms with Crippen LogP contribution in [0.2, 0.25) is 0 Å². The highest BCUT2D eigenvalue weighted by atomic mass is 16.3. The van der Waals surface area contributed by atoms with Crippen LogP contribution in [0.15, 0.2) is 16.5 Å². The van der Waals surface area contributed by atoms with E-state index in [2.05, 4.69) is 30.3 Å². The fraction of sp³-hybridized carbons (Fsp3) is 0.733. The van der Waals surface area contributed by atoms with Crippen LogP contribution in [-0.4, -0.2) is 30.1 Å². The number of furan rings is 1. The highest BCUT2D eigenvalue weighted by molar-refractivity contribution is 5.09. The number of rotatable bonds is 3. The highest BCUT2D eigenvalue weighted by Gasteiger charge is 2.38. The standard InChI is InChI=1S/C15H24N2O/c1-10-4-7-15(18-10)11(2)16-12-8-13-5-6-14(9-12)17(13)3/h4,7,11-14,16H,5-6,8-9H2,1-3H3. The molecule has 2 bridgehead atoms. The monoisotopic (exact) mass is 248 g/mol. The Hall–Kier alpha value is -0.800. The average molecular weight is 248 g/mol. The quantitative estimate of drug-likeness (QED) is 0.891. The number of aryl methyl sites for hydroxylation is 1. The Kier molecular flexibility index (Phi) is 3.20. The van der Waals surface area contributed by atoms with Gasteiger partial charge >= 0.3 is 0 Å². The molecule has 2 fully saturated rings. The number of nitrogens with one attached hydrogen (secondary N) is 1. The third-order valence-electron chi connectivity index (χ3n) is 4.77. The first-order valence-electron chi connectivity index (χ1n) is 7.18. The normalized spacial score (nSPS) is 33.8. The van der Waals surface area contributed by atoms with Crippen LogP contribution in [-0.2, 0) is 0 Å². The molecule has 1 aromatic heterocycles. The van der Waals surface area contributed by atoms with Crippen molar-refractivity contribution in [1.82, 2.24) is 10.2 Å². The SMILES string of the molecule is Cc1ccc(C(C)NC2CC3CCC(C2)N3C)o1. The van der Waals surface area contributed by atoms with Gasteiger partial charge in [0.25, 0.3) is 0 Å². The lowest BCUT2D eigenvalue weighted by atomic mass is 9.97. The van der Waals surface area contributed by atoms with Gasteiger partial charge in [-0.15, -0.1) is 0 Å². The Morgan fingerprint density at radius 1 is 1.28 bits per heavy atom. The minimum absolute atomic E-state index is 0.325. The zero-order valence-electron chi connectivity index (χ0n) is 11.6. The van der Waals surface area contributed by atoms with Crippen molar-refractivity contribution in [2.24, 2.45) is 0 Å². The number of piperidine rings is 1. The molecule has 3 atom stereocenters. The van der Waals surface area contributed by atoms with Crippen molar-refractivity contribution in [2.45, 2.75) is 63.7 Å². The van der Waals surface area contributed by atoms with E-state index in [0.717, 1.165) is 23.6 Å². The maximum atomic E-state index is 5.70. The van der Waals surface area contributed by atoms with E-state index in [0.29, 0.717) is 12.1 Å². The molecule has 2 aliphatic rings. The van der Waals surface area contributed by atoms with Gasteiger partial charge in [0.15, 0.2) is 0 Å². The maximum Gasteiger partial charge on any atom is 0.120 e. The Morgan fingerprint density at radius 2 is 1.94 bits per heavy atom. The first-order chi connectivity index (χ1) is 8.63. The molecule has 2 aliphatic heterocycles. The van der Waals surface area contributed by atoms with E-state index < -0.39 is 0 Å². The third kappa shape index (κ3) is 2.21. The second-order valence-electron chi connectivity index (χ2n) is 6.06. The van der Waals surface area contributed by atoms with Gasteiger partial charge in [-0.1, -0.05) is 0 Å². The first-order valence-corrected chi connectivity index (χ1v) is 7.18. The molecular weight excluding hydrogens is 224 g/mol. The highest BCUT2D eigenvalue weighted by Crippen LogP contribution is 2.35. The van der Waals surface area contributed by atoms with Crippen LogP contribution >= 0.6 is 0 Å². The summed E-state index contributed by atoms with van der Waals surface area (Å²) in [5.41, 5.74) is 0. The molecule has 3 nitrogen and oxygen atoms in total. The molecule has 0 aromatic carbocycles. The molecule has 3 rings (SSSR count). The summed E-state index contributed by atoms with van der Waals surface area (Å²) in [5.74, 6) is 2.07. The van der Waals surface area contributed by atoms with Crippen LogP contribution < -0.4 is 5.32 Å². The molecule has 0 amide bonds. The number of hydrogen-bond acceptors (Lipinski definition) is 3. The molecule has 3 heterocycles. The Morgan fingerprint density at radius 3 is 2.50 bits per heavy atom. The average Bonchev–Trinajstić information content (AvgIpc) is 2.82. The van der Waals surface area contributed by atoms with Gasteiger partial charge in [0.1, 0.15) is 11.5 Å². The number of nitrogens with zero attached hydrogens (tertiary/aromatic N) is 1. The summed E-state index contributed by atoms with van der Waals surface area (Å²) >= 11 is 0. The van der Waals surface area contributed by atoms with Gasteiger partial charge in [0.05, 0.1) is 6.04 Å². The molecule has 0 radical (unpaired) electrons. The first kappa shape index (κ1) is 12.2. The largest absolute Gasteiger partial charge is 0.465 e. The molecule has 1 aromatic rings. The minimum Gasteiger partial charge on any atom is -0.465 e. The smallest absolute Gasteiger partial charge is 0.120 e. The van der Waals surface area contributed by atoms with Crippen molar-refractivity contribution in [3.05, 3.63) is 23.7 Å². The van der Waals surface area contributed by atoms with E-state index >= 15 is 0 Å². The summed E-state index contributed by atoms with van der Waals surface area (Å²) in [6.07, 6.45) is 5.34. The van der Waals surface area contributed by atoms with Gasteiger partial charge in [-0.25, -0.2) is 0 Å². The molecule has 18 heavy (non-hydrogen) atoms. The second-order valence-corrected chi connectivity index (χ2v) is 6.06. The van der Waals surface area contributed by atoms with E-state index in [1.165, 1.54) is 25.7 Å². The lowest BCUT2D eigenvalue weighted by molar-refractivity contribution is 0.142. The summed E-state index contributed by atoms with van der Waals surface area (Å²) in [6.45, 7) is 4.21. The summed E-state index contributed by atoms with van der Waals surface area (Å²) in [7, 11) is 2.29. The fourth-order valence-electron chi connectivity index (χ4n) is 3.67. The minimum atomic E-state index is 0.325. The number of fused-ring (bicyclic) bond motifs is 2. The Balaban J connectivity index is 1.61. The molecule has 100 valence electrons. The van der Waals surface area contributed by atoms with Gasteiger partial charge in [0, 0.05) is 18.1 Å². The third-order valence-corrected chi connectivity index (χ3v) is 4.77. The van der Waals surface area contributed by atoms with Crippen LogP contribution in [0.5, 0.6) is 0 Å². The lowest BCUT2D eigenvalue weighted by Gasteiger charge is -2.37. The van der Waals surface area contributed by atoms with E-state index in [1.54, 1.807) is 0 Å². The van der Waals surface area contributed by atoms with E-state index in [-0.39, 0.29) is 0 Å². The van der Waals surface area contributed by atoms with E-state index in [1.807, 2.05) is 13.0 Å². The second kappa shape index (κ2) is 4.71. The van der Waals surface area contributed by atoms with Gasteiger partial charge in [-0.3, -0.25) is 0 Å². The summed E-state index contributed by atoms with van der Waals surface area (Å²) in [5, 5.41) is 3.75. The molecule has 3 unspecified atom stereocenters. The molecule has 0 spiro atoms. The molecule has 2 saturated heterocycles. The van der Waals surface area contributed by atoms with Crippen molar-refractivity contribution in [1.29, 1.82) is 0 Å². The van der Waals surface area contributed by atoms with E-state index in [4.69, 9.17) is 4.42 Å². The van der Waals surface area contributed by atoms with Crippen LogP contribution in [0.1, 0.15) is 50.2 Å². The summed E-state index contributed by atoms with van der Waals surface area (Å²) in [4.78, 5) is 2.58. The Labute approximate surface area is 110 Å². The predicted octanol–water partition coefficient (Wildman–Crippen LogP) is 2.86. The zero-order valence-corrected chi connectivity index (χ0v) is 11.6. The summed E-state index contributed by atoms with van der Waals surface area (Å²) < 4.78 is 5.70. The van der Waals surface area contributed by atoms with Crippen molar-refractivity contribution in [3.8, 4) is 0 Å². The van der Waals surface area contributed by atoms with Gasteiger partial charge in [0.2, 0.25) is 0 Å². The van der Waals surface area contributed by atoms with Crippen LogP contribution in [0.4, 0.5) is 0 Å². The van der Waals surface area contributed by atoms with Crippen LogP contribution in [0.25, 0.3) is 0 Å². The maximum absolute atomic E-state index is 5.70. The van der Waals surface area contributed by atoms with E-state index in [9.17, 15) is 0 Å². The number of hydrogen-bond donors (Lipinski definition) is 1. The summed E-state index contributed by atoms with van der Waals surface area (Å²) in [6, 6.07) is 6.71. The van der Waals surface area contributed by atoms with Crippen LogP contribution in [0.3, 0.4) is 0 Å². The molecule has 3 heteroatoms. The van der Waals surface area contributed by atoms with Crippen molar-refractivity contribution in [3.63, 3.8) is 0 Å². The van der Waals surface area contributed by atoms with Gasteiger partial charge < -0.3 is 14.6 Å². The Bertz CT molecular complexity index is 400. The fourth-order valence-corrected chi connectivity index (χ4v) is 3.67. The molecule has 0 saturated carbocycles. The van der Waals surface area contributed by atoms with Crippen LogP contribution in [0, 0.1) is 6.92 Å². The van der Waals surface area contributed by atoms with Crippen molar-refractivity contribution < 1.29 is 4.42 Å². The van der Waals surface area contributed by atoms with Gasteiger partial charge in [-0.05, 0) is 58.7 Å². The predicted molar refractivity (Wildman–Crippen MR) is 72.6 cm³/mol. The zero-order chi connectivity index (χ0) is 12.7. The van der Waals surface area contributed by atoms with Crippen molar-refractivity contribution >= 4 is 0 Å². The molecule has 0 aliphatic carbocycles. The molecular formula is C15H24N2O.